The maximum absolute atomic E-state index is 6.34. The van der Waals surface area contributed by atoms with Crippen molar-refractivity contribution in [3.63, 3.8) is 0 Å². The number of pyridine rings is 1. The third kappa shape index (κ3) is 4.29. The van der Waals surface area contributed by atoms with Crippen molar-refractivity contribution in [2.75, 3.05) is 6.54 Å². The zero-order chi connectivity index (χ0) is 15.2. The minimum absolute atomic E-state index is 0.399. The van der Waals surface area contributed by atoms with Gasteiger partial charge in [0.1, 0.15) is 5.15 Å². The molecule has 1 atom stereocenters. The van der Waals surface area contributed by atoms with Gasteiger partial charge < -0.3 is 5.32 Å². The van der Waals surface area contributed by atoms with Gasteiger partial charge >= 0.3 is 0 Å². The van der Waals surface area contributed by atoms with Gasteiger partial charge in [0.25, 0.3) is 0 Å². The molecule has 0 amide bonds. The Morgan fingerprint density at radius 1 is 1.43 bits per heavy atom. The Balaban J connectivity index is 2.02. The highest BCUT2D eigenvalue weighted by Gasteiger charge is 2.16. The Morgan fingerprint density at radius 3 is 2.81 bits per heavy atom. The van der Waals surface area contributed by atoms with Crippen LogP contribution in [0.3, 0.4) is 0 Å². The molecule has 21 heavy (non-hydrogen) atoms. The lowest BCUT2D eigenvalue weighted by Crippen LogP contribution is -2.31. The van der Waals surface area contributed by atoms with Crippen molar-refractivity contribution in [1.82, 2.24) is 20.1 Å². The van der Waals surface area contributed by atoms with Crippen LogP contribution in [0.25, 0.3) is 0 Å². The second-order valence-corrected chi connectivity index (χ2v) is 5.70. The molecular formula is C16H23ClN4. The summed E-state index contributed by atoms with van der Waals surface area (Å²) < 4.78 is 1.75. The van der Waals surface area contributed by atoms with Crippen LogP contribution in [-0.2, 0) is 19.9 Å². The van der Waals surface area contributed by atoms with E-state index in [9.17, 15) is 0 Å². The van der Waals surface area contributed by atoms with Crippen LogP contribution < -0.4 is 5.32 Å². The summed E-state index contributed by atoms with van der Waals surface area (Å²) in [7, 11) is 1.89. The summed E-state index contributed by atoms with van der Waals surface area (Å²) >= 11 is 6.34. The second-order valence-electron chi connectivity index (χ2n) is 5.34. The smallest absolute Gasteiger partial charge is 0.130 e. The lowest BCUT2D eigenvalue weighted by atomic mass is 10.00. The van der Waals surface area contributed by atoms with Crippen molar-refractivity contribution in [3.8, 4) is 0 Å². The molecule has 0 spiro atoms. The Hall–Kier alpha value is -1.39. The average Bonchev–Trinajstić information content (AvgIpc) is 2.72. The summed E-state index contributed by atoms with van der Waals surface area (Å²) in [6, 6.07) is 4.51. The highest BCUT2D eigenvalue weighted by atomic mass is 35.5. The first kappa shape index (κ1) is 16.0. The van der Waals surface area contributed by atoms with Gasteiger partial charge in [0.2, 0.25) is 0 Å². The fourth-order valence-electron chi connectivity index (χ4n) is 2.60. The summed E-state index contributed by atoms with van der Waals surface area (Å²) in [6.07, 6.45) is 6.73. The lowest BCUT2D eigenvalue weighted by molar-refractivity contribution is 0.490. The Bertz CT molecular complexity index is 565. The SMILES string of the molecule is CCNC(CCc1cccnc1)Cc1c(C)nn(C)c1Cl. The van der Waals surface area contributed by atoms with E-state index in [-0.39, 0.29) is 0 Å². The average molecular weight is 307 g/mol. The van der Waals surface area contributed by atoms with E-state index in [1.807, 2.05) is 32.4 Å². The van der Waals surface area contributed by atoms with Gasteiger partial charge in [-0.2, -0.15) is 5.10 Å². The van der Waals surface area contributed by atoms with E-state index in [0.717, 1.165) is 42.2 Å². The number of hydrogen-bond donors (Lipinski definition) is 1. The van der Waals surface area contributed by atoms with Gasteiger partial charge in [-0.25, -0.2) is 0 Å². The van der Waals surface area contributed by atoms with Crippen LogP contribution in [0, 0.1) is 6.92 Å². The molecule has 0 saturated carbocycles. The van der Waals surface area contributed by atoms with Gasteiger partial charge in [0, 0.05) is 31.0 Å². The van der Waals surface area contributed by atoms with Crippen LogP contribution in [0.4, 0.5) is 0 Å². The van der Waals surface area contributed by atoms with Crippen LogP contribution in [0.1, 0.15) is 30.2 Å². The molecule has 2 aromatic heterocycles. The first-order valence-electron chi connectivity index (χ1n) is 7.42. The monoisotopic (exact) mass is 306 g/mol. The zero-order valence-corrected chi connectivity index (χ0v) is 13.7. The molecule has 0 bridgehead atoms. The second kappa shape index (κ2) is 7.57. The lowest BCUT2D eigenvalue weighted by Gasteiger charge is -2.18. The van der Waals surface area contributed by atoms with E-state index >= 15 is 0 Å². The molecule has 114 valence electrons. The molecule has 2 aromatic rings. The number of rotatable bonds is 7. The minimum Gasteiger partial charge on any atom is -0.314 e. The summed E-state index contributed by atoms with van der Waals surface area (Å²) in [5.41, 5.74) is 3.44. The van der Waals surface area contributed by atoms with Crippen LogP contribution in [0.15, 0.2) is 24.5 Å². The molecule has 0 aromatic carbocycles. The van der Waals surface area contributed by atoms with Crippen molar-refractivity contribution >= 4 is 11.6 Å². The third-order valence-corrected chi connectivity index (χ3v) is 4.19. The van der Waals surface area contributed by atoms with Gasteiger partial charge in [0.05, 0.1) is 5.69 Å². The van der Waals surface area contributed by atoms with Crippen molar-refractivity contribution in [2.24, 2.45) is 7.05 Å². The largest absolute Gasteiger partial charge is 0.314 e. The minimum atomic E-state index is 0.399. The zero-order valence-electron chi connectivity index (χ0n) is 12.9. The van der Waals surface area contributed by atoms with Crippen LogP contribution in [0.5, 0.6) is 0 Å². The predicted octanol–water partition coefficient (Wildman–Crippen LogP) is 2.93. The highest BCUT2D eigenvalue weighted by molar-refractivity contribution is 6.30. The molecule has 0 aliphatic heterocycles. The molecule has 2 rings (SSSR count). The molecule has 0 saturated heterocycles. The van der Waals surface area contributed by atoms with Crippen LogP contribution >= 0.6 is 11.6 Å². The molecule has 1 N–H and O–H groups in total. The summed E-state index contributed by atoms with van der Waals surface area (Å²) in [5.74, 6) is 0. The van der Waals surface area contributed by atoms with Gasteiger partial charge in [-0.3, -0.25) is 9.67 Å². The van der Waals surface area contributed by atoms with Crippen LogP contribution in [0.2, 0.25) is 5.15 Å². The van der Waals surface area contributed by atoms with Gasteiger partial charge in [-0.15, -0.1) is 0 Å². The fraction of sp³-hybridized carbons (Fsp3) is 0.500. The molecule has 2 heterocycles. The summed E-state index contributed by atoms with van der Waals surface area (Å²) in [4.78, 5) is 4.17. The van der Waals surface area contributed by atoms with E-state index in [0.29, 0.717) is 6.04 Å². The maximum atomic E-state index is 6.34. The van der Waals surface area contributed by atoms with Crippen molar-refractivity contribution in [2.45, 2.75) is 39.2 Å². The number of aromatic nitrogens is 3. The number of nitrogens with zero attached hydrogens (tertiary/aromatic N) is 3. The number of halogens is 1. The summed E-state index contributed by atoms with van der Waals surface area (Å²) in [6.45, 7) is 5.11. The molecule has 0 fully saturated rings. The summed E-state index contributed by atoms with van der Waals surface area (Å²) in [5, 5.41) is 8.68. The quantitative estimate of drug-likeness (QED) is 0.855. The Morgan fingerprint density at radius 2 is 2.24 bits per heavy atom. The molecule has 5 heteroatoms. The first-order chi connectivity index (χ1) is 10.1. The van der Waals surface area contributed by atoms with Gasteiger partial charge in [-0.05, 0) is 44.4 Å². The standard InChI is InChI=1S/C16H23ClN4/c1-4-19-14(8-7-13-6-5-9-18-11-13)10-15-12(2)20-21(3)16(15)17/h5-6,9,11,14,19H,4,7-8,10H2,1-3H3. The van der Waals surface area contributed by atoms with E-state index < -0.39 is 0 Å². The predicted molar refractivity (Wildman–Crippen MR) is 86.7 cm³/mol. The normalized spacial score (nSPS) is 12.6. The van der Waals surface area contributed by atoms with E-state index in [1.165, 1.54) is 5.56 Å². The third-order valence-electron chi connectivity index (χ3n) is 3.72. The maximum Gasteiger partial charge on any atom is 0.130 e. The Kier molecular flexibility index (Phi) is 5.76. The van der Waals surface area contributed by atoms with E-state index in [4.69, 9.17) is 11.6 Å². The molecule has 0 aliphatic carbocycles. The fourth-order valence-corrected chi connectivity index (χ4v) is 2.86. The Labute approximate surface area is 131 Å². The molecule has 0 aliphatic rings. The van der Waals surface area contributed by atoms with Crippen molar-refractivity contribution in [3.05, 3.63) is 46.5 Å². The molecule has 4 nitrogen and oxygen atoms in total. The number of aryl methyl sites for hydroxylation is 3. The molecule has 1 unspecified atom stereocenters. The topological polar surface area (TPSA) is 42.7 Å². The highest BCUT2D eigenvalue weighted by Crippen LogP contribution is 2.21. The molecular weight excluding hydrogens is 284 g/mol. The number of likely N-dealkylation sites (N-methyl/N-ethyl adjacent to an activating group) is 1. The molecule has 0 radical (unpaired) electrons. The van der Waals surface area contributed by atoms with E-state index in [2.05, 4.69) is 28.4 Å². The van der Waals surface area contributed by atoms with Crippen molar-refractivity contribution in [1.29, 1.82) is 0 Å². The number of nitrogens with one attached hydrogen (secondary N) is 1. The number of hydrogen-bond acceptors (Lipinski definition) is 3. The van der Waals surface area contributed by atoms with Crippen molar-refractivity contribution < 1.29 is 0 Å². The van der Waals surface area contributed by atoms with Crippen LogP contribution in [-0.4, -0.2) is 27.4 Å². The first-order valence-corrected chi connectivity index (χ1v) is 7.79. The van der Waals surface area contributed by atoms with Gasteiger partial charge in [-0.1, -0.05) is 24.6 Å². The van der Waals surface area contributed by atoms with E-state index in [1.54, 1.807) is 4.68 Å². The van der Waals surface area contributed by atoms with Gasteiger partial charge in [0.15, 0.2) is 0 Å².